The number of ether oxygens (including phenoxy) is 3. The Kier molecular flexibility index (Phi) is 8.39. The van der Waals surface area contributed by atoms with Crippen LogP contribution in [0, 0.1) is 6.92 Å². The highest BCUT2D eigenvalue weighted by Gasteiger charge is 2.18. The van der Waals surface area contributed by atoms with Crippen LogP contribution in [-0.4, -0.2) is 46.0 Å². The first-order valence-electron chi connectivity index (χ1n) is 10.6. The van der Waals surface area contributed by atoms with Crippen molar-refractivity contribution in [2.75, 3.05) is 33.9 Å². The van der Waals surface area contributed by atoms with Gasteiger partial charge in [-0.1, -0.05) is 24.3 Å². The van der Waals surface area contributed by atoms with E-state index < -0.39 is 0 Å². The lowest BCUT2D eigenvalue weighted by atomic mass is 10.1. The van der Waals surface area contributed by atoms with Gasteiger partial charge in [-0.2, -0.15) is 0 Å². The molecule has 2 N–H and O–H groups in total. The van der Waals surface area contributed by atoms with E-state index in [1.807, 2.05) is 12.1 Å². The number of aliphatic imine (C=N–C) groups is 1. The van der Waals surface area contributed by atoms with Crippen LogP contribution in [0.4, 0.5) is 0 Å². The van der Waals surface area contributed by atoms with E-state index in [0.717, 1.165) is 55.4 Å². The molecular weight excluding hydrogens is 378 g/mol. The second-order valence-electron chi connectivity index (χ2n) is 7.52. The van der Waals surface area contributed by atoms with Gasteiger partial charge < -0.3 is 24.8 Å². The first kappa shape index (κ1) is 22.0. The van der Waals surface area contributed by atoms with E-state index in [1.165, 1.54) is 11.1 Å². The van der Waals surface area contributed by atoms with Gasteiger partial charge in [0.1, 0.15) is 17.6 Å². The summed E-state index contributed by atoms with van der Waals surface area (Å²) in [6.07, 6.45) is 3.11. The first-order chi connectivity index (χ1) is 14.7. The normalized spacial score (nSPS) is 16.4. The molecule has 6 nitrogen and oxygen atoms in total. The summed E-state index contributed by atoms with van der Waals surface area (Å²) in [5.74, 6) is 2.61. The quantitative estimate of drug-likeness (QED) is 0.376. The van der Waals surface area contributed by atoms with E-state index in [-0.39, 0.29) is 6.10 Å². The summed E-state index contributed by atoms with van der Waals surface area (Å²) in [6, 6.07) is 14.6. The van der Waals surface area contributed by atoms with Gasteiger partial charge in [0.25, 0.3) is 0 Å². The molecule has 2 aromatic rings. The Morgan fingerprint density at radius 2 is 2.00 bits per heavy atom. The van der Waals surface area contributed by atoms with Crippen molar-refractivity contribution in [3.8, 4) is 11.5 Å². The fourth-order valence-corrected chi connectivity index (χ4v) is 3.39. The van der Waals surface area contributed by atoms with Crippen LogP contribution in [0.2, 0.25) is 0 Å². The minimum absolute atomic E-state index is 0.140. The summed E-state index contributed by atoms with van der Waals surface area (Å²) >= 11 is 0. The number of benzene rings is 2. The van der Waals surface area contributed by atoms with Crippen LogP contribution in [-0.2, 0) is 17.7 Å². The van der Waals surface area contributed by atoms with E-state index in [1.54, 1.807) is 14.2 Å². The third-order valence-corrected chi connectivity index (χ3v) is 5.17. The zero-order valence-corrected chi connectivity index (χ0v) is 18.2. The molecule has 162 valence electrons. The molecule has 1 fully saturated rings. The molecule has 0 bridgehead atoms. The molecule has 1 heterocycles. The second-order valence-corrected chi connectivity index (χ2v) is 7.52. The molecule has 30 heavy (non-hydrogen) atoms. The van der Waals surface area contributed by atoms with Gasteiger partial charge in [0.2, 0.25) is 0 Å². The van der Waals surface area contributed by atoms with Crippen molar-refractivity contribution in [2.24, 2.45) is 4.99 Å². The third-order valence-electron chi connectivity index (χ3n) is 5.17. The van der Waals surface area contributed by atoms with Gasteiger partial charge in [-0.25, -0.2) is 0 Å². The Morgan fingerprint density at radius 1 is 1.17 bits per heavy atom. The monoisotopic (exact) mass is 411 g/mol. The predicted molar refractivity (Wildman–Crippen MR) is 121 cm³/mol. The number of nitrogens with one attached hydrogen (secondary N) is 2. The van der Waals surface area contributed by atoms with Crippen molar-refractivity contribution in [2.45, 2.75) is 38.8 Å². The van der Waals surface area contributed by atoms with Gasteiger partial charge in [0, 0.05) is 32.1 Å². The first-order valence-corrected chi connectivity index (χ1v) is 10.6. The molecule has 3 rings (SSSR count). The van der Waals surface area contributed by atoms with Gasteiger partial charge >= 0.3 is 0 Å². The highest BCUT2D eigenvalue weighted by molar-refractivity contribution is 5.79. The number of aryl methyl sites for hydroxylation is 2. The standard InChI is InChI=1S/C24H33N3O3/c1-18-6-9-20(23(15-18)30-22-12-14-29-17-22)16-27-24(25-2)26-13-4-5-19-7-10-21(28-3)11-8-19/h6-11,15,22H,4-5,12-14,16-17H2,1-3H3,(H2,25,26,27). The minimum atomic E-state index is 0.140. The van der Waals surface area contributed by atoms with Crippen LogP contribution in [0.15, 0.2) is 47.5 Å². The van der Waals surface area contributed by atoms with Gasteiger partial charge in [0.05, 0.1) is 20.3 Å². The minimum Gasteiger partial charge on any atom is -0.497 e. The highest BCUT2D eigenvalue weighted by Crippen LogP contribution is 2.23. The molecule has 1 aliphatic rings. The fraction of sp³-hybridized carbons (Fsp3) is 0.458. The van der Waals surface area contributed by atoms with Crippen molar-refractivity contribution in [1.29, 1.82) is 0 Å². The molecule has 6 heteroatoms. The SMILES string of the molecule is CN=C(NCCCc1ccc(OC)cc1)NCc1ccc(C)cc1OC1CCOC1. The number of methoxy groups -OCH3 is 1. The molecule has 1 saturated heterocycles. The Hall–Kier alpha value is -2.73. The lowest BCUT2D eigenvalue weighted by Crippen LogP contribution is -2.37. The topological polar surface area (TPSA) is 64.1 Å². The van der Waals surface area contributed by atoms with E-state index in [2.05, 4.69) is 52.9 Å². The summed E-state index contributed by atoms with van der Waals surface area (Å²) in [6.45, 7) is 5.03. The molecule has 0 saturated carbocycles. The third kappa shape index (κ3) is 6.66. The summed E-state index contributed by atoms with van der Waals surface area (Å²) < 4.78 is 16.8. The number of hydrogen-bond donors (Lipinski definition) is 2. The molecule has 0 radical (unpaired) electrons. The number of rotatable bonds is 9. The van der Waals surface area contributed by atoms with Crippen LogP contribution in [0.1, 0.15) is 29.5 Å². The molecule has 2 aromatic carbocycles. The van der Waals surface area contributed by atoms with Crippen LogP contribution in [0.3, 0.4) is 0 Å². The smallest absolute Gasteiger partial charge is 0.191 e. The van der Waals surface area contributed by atoms with E-state index >= 15 is 0 Å². The fourth-order valence-electron chi connectivity index (χ4n) is 3.39. The van der Waals surface area contributed by atoms with Crippen LogP contribution >= 0.6 is 0 Å². The Morgan fingerprint density at radius 3 is 2.70 bits per heavy atom. The maximum absolute atomic E-state index is 6.18. The van der Waals surface area contributed by atoms with E-state index in [0.29, 0.717) is 13.2 Å². The van der Waals surface area contributed by atoms with Crippen LogP contribution < -0.4 is 20.1 Å². The zero-order chi connectivity index (χ0) is 21.2. The Labute approximate surface area is 179 Å². The lowest BCUT2D eigenvalue weighted by Gasteiger charge is -2.18. The Bertz CT molecular complexity index is 815. The summed E-state index contributed by atoms with van der Waals surface area (Å²) in [5, 5.41) is 6.79. The molecular formula is C24H33N3O3. The van der Waals surface area contributed by atoms with Crippen molar-refractivity contribution < 1.29 is 14.2 Å². The number of guanidine groups is 1. The predicted octanol–water partition coefficient (Wildman–Crippen LogP) is 3.47. The summed E-state index contributed by atoms with van der Waals surface area (Å²) in [4.78, 5) is 4.34. The summed E-state index contributed by atoms with van der Waals surface area (Å²) in [5.41, 5.74) is 3.61. The molecule has 0 amide bonds. The van der Waals surface area contributed by atoms with E-state index in [9.17, 15) is 0 Å². The van der Waals surface area contributed by atoms with Gasteiger partial charge in [-0.15, -0.1) is 0 Å². The van der Waals surface area contributed by atoms with Gasteiger partial charge in [-0.3, -0.25) is 4.99 Å². The van der Waals surface area contributed by atoms with Crippen LogP contribution in [0.5, 0.6) is 11.5 Å². The van der Waals surface area contributed by atoms with Crippen molar-refractivity contribution in [3.05, 3.63) is 59.2 Å². The zero-order valence-electron chi connectivity index (χ0n) is 18.2. The van der Waals surface area contributed by atoms with Crippen molar-refractivity contribution in [3.63, 3.8) is 0 Å². The van der Waals surface area contributed by atoms with E-state index in [4.69, 9.17) is 14.2 Å². The maximum atomic E-state index is 6.18. The second kappa shape index (κ2) is 11.5. The average molecular weight is 412 g/mol. The average Bonchev–Trinajstić information content (AvgIpc) is 3.28. The highest BCUT2D eigenvalue weighted by atomic mass is 16.5. The lowest BCUT2D eigenvalue weighted by molar-refractivity contribution is 0.140. The molecule has 1 atom stereocenters. The maximum Gasteiger partial charge on any atom is 0.191 e. The largest absolute Gasteiger partial charge is 0.497 e. The van der Waals surface area contributed by atoms with Crippen molar-refractivity contribution >= 4 is 5.96 Å². The molecule has 1 unspecified atom stereocenters. The molecule has 1 aliphatic heterocycles. The van der Waals surface area contributed by atoms with Gasteiger partial charge in [-0.05, 0) is 49.1 Å². The molecule has 0 aromatic heterocycles. The number of nitrogens with zero attached hydrogens (tertiary/aromatic N) is 1. The summed E-state index contributed by atoms with van der Waals surface area (Å²) in [7, 11) is 3.48. The number of hydrogen-bond acceptors (Lipinski definition) is 4. The van der Waals surface area contributed by atoms with Crippen molar-refractivity contribution in [1.82, 2.24) is 10.6 Å². The van der Waals surface area contributed by atoms with Gasteiger partial charge in [0.15, 0.2) is 5.96 Å². The molecule has 0 aliphatic carbocycles. The molecule has 0 spiro atoms. The Balaban J connectivity index is 1.45. The van der Waals surface area contributed by atoms with Crippen LogP contribution in [0.25, 0.3) is 0 Å².